The van der Waals surface area contributed by atoms with Crippen LogP contribution in [0.2, 0.25) is 5.02 Å². The summed E-state index contributed by atoms with van der Waals surface area (Å²) < 4.78 is 4.69. The third-order valence-electron chi connectivity index (χ3n) is 2.36. The highest BCUT2D eigenvalue weighted by atomic mass is 35.5. The zero-order valence-corrected chi connectivity index (χ0v) is 10.3. The molecule has 1 aromatic carbocycles. The number of benzene rings is 1. The molecule has 0 aromatic heterocycles. The average Bonchev–Trinajstić information content (AvgIpc) is 2.31. The predicted molar refractivity (Wildman–Crippen MR) is 64.4 cm³/mol. The maximum atomic E-state index is 11.3. The Balaban J connectivity index is 2.49. The van der Waals surface area contributed by atoms with Gasteiger partial charge in [0.1, 0.15) is 6.04 Å². The summed E-state index contributed by atoms with van der Waals surface area (Å²) in [5.41, 5.74) is 1.09. The Hall–Kier alpha value is -1.06. The Morgan fingerprint density at radius 3 is 2.56 bits per heavy atom. The molecule has 0 spiro atoms. The van der Waals surface area contributed by atoms with E-state index in [4.69, 9.17) is 11.6 Å². The molecule has 0 aliphatic rings. The lowest BCUT2D eigenvalue weighted by Gasteiger charge is -2.14. The monoisotopic (exact) mass is 241 g/mol. The maximum absolute atomic E-state index is 11.3. The van der Waals surface area contributed by atoms with Gasteiger partial charge in [0.2, 0.25) is 0 Å². The summed E-state index contributed by atoms with van der Waals surface area (Å²) in [6.07, 6.45) is 0.709. The molecule has 0 heterocycles. The van der Waals surface area contributed by atoms with Crippen molar-refractivity contribution in [2.75, 3.05) is 7.11 Å². The van der Waals surface area contributed by atoms with Gasteiger partial charge in [-0.2, -0.15) is 0 Å². The standard InChI is InChI=1S/C12H16ClNO2/c1-3-11(12(15)16-2)14-8-9-4-6-10(13)7-5-9/h4-7,11,14H,3,8H2,1-2H3/t11-/m0/s1. The molecule has 0 fully saturated rings. The second-order valence-electron chi connectivity index (χ2n) is 3.49. The summed E-state index contributed by atoms with van der Waals surface area (Å²) in [5, 5.41) is 3.85. The molecule has 1 aromatic rings. The fourth-order valence-electron chi connectivity index (χ4n) is 1.38. The van der Waals surface area contributed by atoms with E-state index in [0.29, 0.717) is 18.0 Å². The summed E-state index contributed by atoms with van der Waals surface area (Å²) in [6.45, 7) is 2.57. The number of esters is 1. The minimum absolute atomic E-state index is 0.225. The Bertz CT molecular complexity index is 337. The number of nitrogens with one attached hydrogen (secondary N) is 1. The van der Waals surface area contributed by atoms with Crippen LogP contribution in [0.5, 0.6) is 0 Å². The molecular weight excluding hydrogens is 226 g/mol. The number of rotatable bonds is 5. The first-order valence-electron chi connectivity index (χ1n) is 5.23. The van der Waals surface area contributed by atoms with Crippen LogP contribution in [0.15, 0.2) is 24.3 Å². The Morgan fingerprint density at radius 2 is 2.06 bits per heavy atom. The SMILES string of the molecule is CC[C@H](NCc1ccc(Cl)cc1)C(=O)OC. The van der Waals surface area contributed by atoms with Gasteiger partial charge >= 0.3 is 5.97 Å². The van der Waals surface area contributed by atoms with Gasteiger partial charge < -0.3 is 10.1 Å². The maximum Gasteiger partial charge on any atom is 0.322 e. The van der Waals surface area contributed by atoms with Crippen molar-refractivity contribution in [3.63, 3.8) is 0 Å². The summed E-state index contributed by atoms with van der Waals surface area (Å²) in [7, 11) is 1.40. The Kier molecular flexibility index (Phi) is 5.29. The van der Waals surface area contributed by atoms with Crippen molar-refractivity contribution in [1.82, 2.24) is 5.32 Å². The quantitative estimate of drug-likeness (QED) is 0.805. The van der Waals surface area contributed by atoms with Gasteiger partial charge in [-0.1, -0.05) is 30.7 Å². The van der Waals surface area contributed by atoms with Crippen molar-refractivity contribution < 1.29 is 9.53 Å². The first kappa shape index (κ1) is 13.0. The minimum atomic E-state index is -0.249. The number of hydrogen-bond acceptors (Lipinski definition) is 3. The lowest BCUT2D eigenvalue weighted by Crippen LogP contribution is -2.36. The molecule has 0 amide bonds. The van der Waals surface area contributed by atoms with Crippen LogP contribution in [0, 0.1) is 0 Å². The van der Waals surface area contributed by atoms with Crippen LogP contribution < -0.4 is 5.32 Å². The molecule has 88 valence electrons. The summed E-state index contributed by atoms with van der Waals surface area (Å²) in [5.74, 6) is -0.225. The lowest BCUT2D eigenvalue weighted by atomic mass is 10.2. The lowest BCUT2D eigenvalue weighted by molar-refractivity contribution is -0.143. The van der Waals surface area contributed by atoms with Crippen LogP contribution in [-0.2, 0) is 16.1 Å². The number of carbonyl (C=O) groups excluding carboxylic acids is 1. The van der Waals surface area contributed by atoms with Crippen molar-refractivity contribution >= 4 is 17.6 Å². The third kappa shape index (κ3) is 3.83. The topological polar surface area (TPSA) is 38.3 Å². The second kappa shape index (κ2) is 6.51. The molecule has 0 saturated heterocycles. The summed E-state index contributed by atoms with van der Waals surface area (Å²) in [6, 6.07) is 7.27. The van der Waals surface area contributed by atoms with Gasteiger partial charge in [0, 0.05) is 11.6 Å². The van der Waals surface area contributed by atoms with Gasteiger partial charge in [-0.3, -0.25) is 4.79 Å². The van der Waals surface area contributed by atoms with Crippen LogP contribution >= 0.6 is 11.6 Å². The number of methoxy groups -OCH3 is 1. The second-order valence-corrected chi connectivity index (χ2v) is 3.93. The van der Waals surface area contributed by atoms with Crippen molar-refractivity contribution in [2.45, 2.75) is 25.9 Å². The van der Waals surface area contributed by atoms with E-state index in [1.54, 1.807) is 0 Å². The molecule has 1 atom stereocenters. The first-order valence-corrected chi connectivity index (χ1v) is 5.60. The molecule has 0 aliphatic heterocycles. The highest BCUT2D eigenvalue weighted by Crippen LogP contribution is 2.09. The predicted octanol–water partition coefficient (Wildman–Crippen LogP) is 2.38. The zero-order valence-electron chi connectivity index (χ0n) is 9.50. The molecule has 16 heavy (non-hydrogen) atoms. The van der Waals surface area contributed by atoms with Crippen LogP contribution in [0.1, 0.15) is 18.9 Å². The van der Waals surface area contributed by atoms with E-state index in [-0.39, 0.29) is 12.0 Å². The van der Waals surface area contributed by atoms with Crippen LogP contribution in [0.25, 0.3) is 0 Å². The Labute approximate surface area is 101 Å². The van der Waals surface area contributed by atoms with Gasteiger partial charge in [0.05, 0.1) is 7.11 Å². The van der Waals surface area contributed by atoms with Crippen molar-refractivity contribution in [2.24, 2.45) is 0 Å². The molecule has 0 aliphatic carbocycles. The summed E-state index contributed by atoms with van der Waals surface area (Å²) in [4.78, 5) is 11.3. The minimum Gasteiger partial charge on any atom is -0.468 e. The van der Waals surface area contributed by atoms with E-state index in [2.05, 4.69) is 10.1 Å². The van der Waals surface area contributed by atoms with Crippen molar-refractivity contribution in [1.29, 1.82) is 0 Å². The first-order chi connectivity index (χ1) is 7.67. The Morgan fingerprint density at radius 1 is 1.44 bits per heavy atom. The third-order valence-corrected chi connectivity index (χ3v) is 2.61. The van der Waals surface area contributed by atoms with E-state index < -0.39 is 0 Å². The van der Waals surface area contributed by atoms with Crippen LogP contribution in [0.3, 0.4) is 0 Å². The molecule has 0 unspecified atom stereocenters. The van der Waals surface area contributed by atoms with Crippen molar-refractivity contribution in [3.05, 3.63) is 34.9 Å². The van der Waals surface area contributed by atoms with Gasteiger partial charge in [-0.05, 0) is 24.1 Å². The van der Waals surface area contributed by atoms with E-state index in [9.17, 15) is 4.79 Å². The van der Waals surface area contributed by atoms with E-state index in [1.807, 2.05) is 31.2 Å². The highest BCUT2D eigenvalue weighted by Gasteiger charge is 2.15. The van der Waals surface area contributed by atoms with Crippen molar-refractivity contribution in [3.8, 4) is 0 Å². The summed E-state index contributed by atoms with van der Waals surface area (Å²) >= 11 is 5.78. The molecule has 0 bridgehead atoms. The van der Waals surface area contributed by atoms with Crippen LogP contribution in [-0.4, -0.2) is 19.1 Å². The smallest absolute Gasteiger partial charge is 0.322 e. The zero-order chi connectivity index (χ0) is 12.0. The van der Waals surface area contributed by atoms with E-state index >= 15 is 0 Å². The fourth-order valence-corrected chi connectivity index (χ4v) is 1.51. The van der Waals surface area contributed by atoms with Gasteiger partial charge in [-0.15, -0.1) is 0 Å². The van der Waals surface area contributed by atoms with Gasteiger partial charge in [0.25, 0.3) is 0 Å². The van der Waals surface area contributed by atoms with E-state index in [1.165, 1.54) is 7.11 Å². The number of carbonyl (C=O) groups is 1. The molecule has 1 rings (SSSR count). The molecular formula is C12H16ClNO2. The number of ether oxygens (including phenoxy) is 1. The van der Waals surface area contributed by atoms with E-state index in [0.717, 1.165) is 5.56 Å². The largest absolute Gasteiger partial charge is 0.468 e. The molecule has 4 heteroatoms. The fraction of sp³-hybridized carbons (Fsp3) is 0.417. The van der Waals surface area contributed by atoms with Gasteiger partial charge in [0.15, 0.2) is 0 Å². The number of hydrogen-bond donors (Lipinski definition) is 1. The number of halogens is 1. The molecule has 1 N–H and O–H groups in total. The van der Waals surface area contributed by atoms with Crippen LogP contribution in [0.4, 0.5) is 0 Å². The molecule has 0 saturated carbocycles. The molecule has 0 radical (unpaired) electrons. The average molecular weight is 242 g/mol. The normalized spacial score (nSPS) is 12.2. The molecule has 3 nitrogen and oxygen atoms in total. The highest BCUT2D eigenvalue weighted by molar-refractivity contribution is 6.30. The van der Waals surface area contributed by atoms with Gasteiger partial charge in [-0.25, -0.2) is 0 Å².